The van der Waals surface area contributed by atoms with Crippen LogP contribution in [0.2, 0.25) is 0 Å². The van der Waals surface area contributed by atoms with Crippen molar-refractivity contribution in [3.8, 4) is 28.4 Å². The summed E-state index contributed by atoms with van der Waals surface area (Å²) < 4.78 is 20.0. The quantitative estimate of drug-likeness (QED) is 0.168. The number of benzene rings is 2. The van der Waals surface area contributed by atoms with Crippen molar-refractivity contribution >= 4 is 28.5 Å². The van der Waals surface area contributed by atoms with Gasteiger partial charge in [0.25, 0.3) is 0 Å². The number of carbonyl (C=O) groups is 2. The Morgan fingerprint density at radius 1 is 1.00 bits per heavy atom. The fraction of sp³-hybridized carbons (Fsp3) is 0.424. The number of nitrogens with one attached hydrogen (secondary N) is 2. The number of hydrogen-bond acceptors (Lipinski definition) is 8. The van der Waals surface area contributed by atoms with Crippen molar-refractivity contribution in [2.75, 3.05) is 51.3 Å². The van der Waals surface area contributed by atoms with Gasteiger partial charge in [0.15, 0.2) is 5.82 Å². The number of carbonyl (C=O) groups excluding carboxylic acids is 2. The van der Waals surface area contributed by atoms with E-state index in [1.54, 1.807) is 18.3 Å². The largest absolute Gasteiger partial charge is 0.496 e. The third-order valence-electron chi connectivity index (χ3n) is 8.14. The van der Waals surface area contributed by atoms with Crippen molar-refractivity contribution in [3.63, 3.8) is 0 Å². The van der Waals surface area contributed by atoms with Gasteiger partial charge in [0.05, 0.1) is 25.4 Å². The monoisotopic (exact) mass is 616 g/mol. The number of ether oxygens (including phenoxy) is 1. The lowest BCUT2D eigenvalue weighted by atomic mass is 10.1. The van der Waals surface area contributed by atoms with Crippen molar-refractivity contribution in [2.24, 2.45) is 5.73 Å². The van der Waals surface area contributed by atoms with Crippen LogP contribution in [-0.4, -0.2) is 83.3 Å². The van der Waals surface area contributed by atoms with Crippen LogP contribution in [0.5, 0.6) is 5.75 Å². The zero-order valence-electron chi connectivity index (χ0n) is 25.7. The summed E-state index contributed by atoms with van der Waals surface area (Å²) in [7, 11) is 1.49. The highest BCUT2D eigenvalue weighted by Gasteiger charge is 2.21. The predicted molar refractivity (Wildman–Crippen MR) is 172 cm³/mol. The average molecular weight is 617 g/mol. The molecule has 1 aliphatic rings. The number of rotatable bonds is 15. The van der Waals surface area contributed by atoms with Crippen LogP contribution in [-0.2, 0) is 9.59 Å². The first-order chi connectivity index (χ1) is 21.9. The molecule has 45 heavy (non-hydrogen) atoms. The van der Waals surface area contributed by atoms with Crippen LogP contribution in [0, 0.1) is 5.82 Å². The number of halogens is 1. The summed E-state index contributed by atoms with van der Waals surface area (Å²) in [4.78, 5) is 36.7. The van der Waals surface area contributed by atoms with Crippen LogP contribution in [0.1, 0.15) is 44.9 Å². The van der Waals surface area contributed by atoms with Gasteiger partial charge in [-0.1, -0.05) is 43.9 Å². The molecule has 238 valence electrons. The summed E-state index contributed by atoms with van der Waals surface area (Å²) in [6.07, 6.45) is 8.20. The van der Waals surface area contributed by atoms with E-state index in [0.717, 1.165) is 76.0 Å². The minimum Gasteiger partial charge on any atom is -0.496 e. The number of unbranched alkanes of at least 4 members (excludes halogenated alkanes) is 5. The Morgan fingerprint density at radius 3 is 2.47 bits per heavy atom. The number of aromatic amines is 1. The van der Waals surface area contributed by atoms with Gasteiger partial charge < -0.3 is 20.7 Å². The van der Waals surface area contributed by atoms with E-state index in [9.17, 15) is 14.0 Å². The summed E-state index contributed by atoms with van der Waals surface area (Å²) in [5, 5.41) is 10.5. The molecule has 3 heterocycles. The number of methoxy groups -OCH3 is 1. The molecular formula is C33H41FN8O3. The number of anilines is 1. The highest BCUT2D eigenvalue weighted by atomic mass is 19.1. The van der Waals surface area contributed by atoms with Gasteiger partial charge in [-0.3, -0.25) is 19.6 Å². The molecule has 11 nitrogen and oxygen atoms in total. The molecule has 4 aromatic rings. The number of piperazine rings is 1. The Balaban J connectivity index is 1.09. The van der Waals surface area contributed by atoms with Gasteiger partial charge in [-0.15, -0.1) is 0 Å². The van der Waals surface area contributed by atoms with E-state index in [1.807, 2.05) is 12.1 Å². The van der Waals surface area contributed by atoms with E-state index in [0.29, 0.717) is 42.0 Å². The normalized spacial score (nSPS) is 13.7. The van der Waals surface area contributed by atoms with Crippen LogP contribution in [0.3, 0.4) is 0 Å². The second-order valence-corrected chi connectivity index (χ2v) is 11.3. The maximum Gasteiger partial charge on any atom is 0.234 e. The summed E-state index contributed by atoms with van der Waals surface area (Å²) in [5.41, 5.74) is 9.27. The van der Waals surface area contributed by atoms with Gasteiger partial charge in [-0.25, -0.2) is 14.4 Å². The van der Waals surface area contributed by atoms with Gasteiger partial charge in [-0.05, 0) is 37.1 Å². The molecule has 4 N–H and O–H groups in total. The summed E-state index contributed by atoms with van der Waals surface area (Å²) >= 11 is 0. The van der Waals surface area contributed by atoms with E-state index >= 15 is 0 Å². The second-order valence-electron chi connectivity index (χ2n) is 11.3. The predicted octanol–water partition coefficient (Wildman–Crippen LogP) is 4.29. The van der Waals surface area contributed by atoms with Gasteiger partial charge >= 0.3 is 0 Å². The molecule has 0 aliphatic carbocycles. The average Bonchev–Trinajstić information content (AvgIpc) is 3.47. The zero-order valence-corrected chi connectivity index (χ0v) is 25.7. The standard InChI is InChI=1S/C33H41FN8O3/c1-45-27-10-8-9-25(34)30(27)33-37-21-26-32(38-33)31(40-39-26)23-12-14-24(15-13-23)42-19-17-41(18-20-42)22-29(44)36-16-7-5-3-2-4-6-11-28(35)43/h8-10,12-15,21H,2-7,11,16-20,22H2,1H3,(H2,35,43)(H,36,44)(H,39,40). The lowest BCUT2D eigenvalue weighted by molar-refractivity contribution is -0.122. The summed E-state index contributed by atoms with van der Waals surface area (Å²) in [6.45, 7) is 4.38. The van der Waals surface area contributed by atoms with Crippen LogP contribution >= 0.6 is 0 Å². The molecule has 0 bridgehead atoms. The van der Waals surface area contributed by atoms with Crippen molar-refractivity contribution in [1.29, 1.82) is 0 Å². The van der Waals surface area contributed by atoms with Crippen molar-refractivity contribution in [2.45, 2.75) is 44.9 Å². The number of primary amides is 1. The molecule has 0 spiro atoms. The van der Waals surface area contributed by atoms with E-state index in [-0.39, 0.29) is 23.2 Å². The Morgan fingerprint density at radius 2 is 1.73 bits per heavy atom. The molecule has 0 atom stereocenters. The number of amides is 2. The van der Waals surface area contributed by atoms with Gasteiger partial charge in [-0.2, -0.15) is 5.10 Å². The summed E-state index contributed by atoms with van der Waals surface area (Å²) in [6, 6.07) is 12.8. The smallest absolute Gasteiger partial charge is 0.234 e. The van der Waals surface area contributed by atoms with Crippen molar-refractivity contribution < 1.29 is 18.7 Å². The Hall–Kier alpha value is -4.58. The van der Waals surface area contributed by atoms with Crippen LogP contribution in [0.15, 0.2) is 48.7 Å². The molecule has 2 aromatic carbocycles. The van der Waals surface area contributed by atoms with Crippen LogP contribution in [0.4, 0.5) is 10.1 Å². The third kappa shape index (κ3) is 8.33. The molecule has 5 rings (SSSR count). The number of nitrogens with zero attached hydrogens (tertiary/aromatic N) is 5. The molecule has 1 aliphatic heterocycles. The molecule has 2 amide bonds. The Labute approximate surface area is 262 Å². The number of fused-ring (bicyclic) bond motifs is 1. The third-order valence-corrected chi connectivity index (χ3v) is 8.14. The van der Waals surface area contributed by atoms with Crippen molar-refractivity contribution in [3.05, 3.63) is 54.5 Å². The first kappa shape index (κ1) is 31.8. The van der Waals surface area contributed by atoms with Crippen molar-refractivity contribution in [1.82, 2.24) is 30.4 Å². The van der Waals surface area contributed by atoms with Gasteiger partial charge in [0, 0.05) is 50.4 Å². The lowest BCUT2D eigenvalue weighted by Gasteiger charge is -2.35. The van der Waals surface area contributed by atoms with Gasteiger partial charge in [0.2, 0.25) is 11.8 Å². The number of aromatic nitrogens is 4. The summed E-state index contributed by atoms with van der Waals surface area (Å²) in [5.74, 6) is -0.0243. The molecule has 0 saturated carbocycles. The molecule has 1 saturated heterocycles. The maximum absolute atomic E-state index is 14.7. The molecule has 1 fully saturated rings. The molecule has 0 unspecified atom stereocenters. The number of nitrogens with two attached hydrogens (primary N) is 1. The Kier molecular flexibility index (Phi) is 10.9. The SMILES string of the molecule is COc1cccc(F)c1-c1ncc2[nH]nc(-c3ccc(N4CCN(CC(=O)NCCCCCCCCC(N)=O)CC4)cc3)c2n1. The lowest BCUT2D eigenvalue weighted by Crippen LogP contribution is -2.49. The van der Waals surface area contributed by atoms with E-state index in [4.69, 9.17) is 10.5 Å². The van der Waals surface area contributed by atoms with E-state index < -0.39 is 5.82 Å². The first-order valence-corrected chi connectivity index (χ1v) is 15.6. The first-order valence-electron chi connectivity index (χ1n) is 15.6. The fourth-order valence-corrected chi connectivity index (χ4v) is 5.64. The highest BCUT2D eigenvalue weighted by molar-refractivity contribution is 5.90. The minimum atomic E-state index is -0.457. The van der Waals surface area contributed by atoms with Crippen LogP contribution in [0.25, 0.3) is 33.7 Å². The second kappa shape index (κ2) is 15.4. The fourth-order valence-electron chi connectivity index (χ4n) is 5.64. The van der Waals surface area contributed by atoms with Gasteiger partial charge in [0.1, 0.15) is 28.3 Å². The molecule has 12 heteroatoms. The minimum absolute atomic E-state index is 0.0703. The maximum atomic E-state index is 14.7. The van der Waals surface area contributed by atoms with E-state index in [1.165, 1.54) is 13.2 Å². The highest BCUT2D eigenvalue weighted by Crippen LogP contribution is 2.33. The number of H-pyrrole nitrogens is 1. The number of hydrogen-bond donors (Lipinski definition) is 3. The Bertz CT molecular complexity index is 1580. The topological polar surface area (TPSA) is 142 Å². The van der Waals surface area contributed by atoms with Crippen LogP contribution < -0.4 is 20.7 Å². The zero-order chi connectivity index (χ0) is 31.6. The molecule has 0 radical (unpaired) electrons. The van der Waals surface area contributed by atoms with E-state index in [2.05, 4.69) is 47.4 Å². The molecule has 2 aromatic heterocycles. The molecular weight excluding hydrogens is 575 g/mol.